The molecule has 96 valence electrons. The maximum absolute atomic E-state index is 9.59. The fraction of sp³-hybridized carbons (Fsp3) is 0.538. The highest BCUT2D eigenvalue weighted by atomic mass is 16.3. The van der Waals surface area contributed by atoms with Gasteiger partial charge in [0.05, 0.1) is 6.10 Å². The number of hydrogen-bond acceptors (Lipinski definition) is 4. The van der Waals surface area contributed by atoms with Crippen molar-refractivity contribution in [3.63, 3.8) is 0 Å². The normalized spacial score (nSPS) is 14.5. The van der Waals surface area contributed by atoms with Crippen LogP contribution < -0.4 is 5.32 Å². The molecule has 0 bridgehead atoms. The molecule has 0 fully saturated rings. The molecule has 0 aliphatic heterocycles. The second kappa shape index (κ2) is 6.47. The van der Waals surface area contributed by atoms with Gasteiger partial charge in [0, 0.05) is 18.7 Å². The van der Waals surface area contributed by atoms with E-state index in [4.69, 9.17) is 0 Å². The van der Waals surface area contributed by atoms with Crippen molar-refractivity contribution in [2.24, 2.45) is 0 Å². The van der Waals surface area contributed by atoms with Crippen LogP contribution in [0.15, 0.2) is 18.2 Å². The van der Waals surface area contributed by atoms with Gasteiger partial charge in [0.1, 0.15) is 11.5 Å². The molecular formula is C13H21NO3. The Morgan fingerprint density at radius 1 is 1.18 bits per heavy atom. The zero-order valence-electron chi connectivity index (χ0n) is 10.3. The molecular weight excluding hydrogens is 218 g/mol. The van der Waals surface area contributed by atoms with Gasteiger partial charge >= 0.3 is 0 Å². The second-order valence-corrected chi connectivity index (χ2v) is 4.36. The summed E-state index contributed by atoms with van der Waals surface area (Å²) in [6, 6.07) is 4.47. The molecule has 0 radical (unpaired) electrons. The molecule has 1 rings (SSSR count). The van der Waals surface area contributed by atoms with E-state index in [1.54, 1.807) is 12.1 Å². The number of aliphatic hydroxyl groups excluding tert-OH is 1. The van der Waals surface area contributed by atoms with Gasteiger partial charge in [0.2, 0.25) is 0 Å². The molecule has 0 spiro atoms. The minimum Gasteiger partial charge on any atom is -0.508 e. The number of rotatable bonds is 6. The molecule has 4 heteroatoms. The smallest absolute Gasteiger partial charge is 0.119 e. The molecule has 2 unspecified atom stereocenters. The number of benzene rings is 1. The fourth-order valence-corrected chi connectivity index (χ4v) is 1.73. The van der Waals surface area contributed by atoms with Gasteiger partial charge in [-0.3, -0.25) is 0 Å². The molecule has 1 aromatic carbocycles. The highest BCUT2D eigenvalue weighted by Crippen LogP contribution is 2.24. The summed E-state index contributed by atoms with van der Waals surface area (Å²) in [4.78, 5) is 0. The van der Waals surface area contributed by atoms with Gasteiger partial charge in [-0.1, -0.05) is 13.3 Å². The molecule has 4 N–H and O–H groups in total. The van der Waals surface area contributed by atoms with Crippen molar-refractivity contribution in [2.45, 2.75) is 38.8 Å². The number of aromatic hydroxyl groups is 2. The van der Waals surface area contributed by atoms with Gasteiger partial charge in [-0.05, 0) is 31.0 Å². The molecule has 4 nitrogen and oxygen atoms in total. The summed E-state index contributed by atoms with van der Waals surface area (Å²) in [5.41, 5.74) is 0.797. The monoisotopic (exact) mass is 239 g/mol. The quantitative estimate of drug-likeness (QED) is 0.612. The summed E-state index contributed by atoms with van der Waals surface area (Å²) >= 11 is 0. The fourth-order valence-electron chi connectivity index (χ4n) is 1.73. The molecule has 0 saturated heterocycles. The molecule has 0 aliphatic rings. The van der Waals surface area contributed by atoms with Gasteiger partial charge in [0.25, 0.3) is 0 Å². The minimum absolute atomic E-state index is 0.0282. The van der Waals surface area contributed by atoms with Crippen molar-refractivity contribution >= 4 is 0 Å². The Balaban J connectivity index is 2.54. The molecule has 0 aliphatic carbocycles. The van der Waals surface area contributed by atoms with Crippen molar-refractivity contribution in [3.8, 4) is 11.5 Å². The lowest BCUT2D eigenvalue weighted by Gasteiger charge is -2.17. The van der Waals surface area contributed by atoms with Gasteiger partial charge in [-0.2, -0.15) is 0 Å². The Morgan fingerprint density at radius 2 is 1.76 bits per heavy atom. The standard InChI is InChI=1S/C13H21NO3/c1-3-4-11(15)8-14-9(2)10-5-12(16)7-13(17)6-10/h5-7,9,11,14-17H,3-4,8H2,1-2H3. The molecule has 0 aromatic heterocycles. The van der Waals surface area contributed by atoms with Crippen LogP contribution in [0.1, 0.15) is 38.3 Å². The zero-order valence-corrected chi connectivity index (χ0v) is 10.3. The average molecular weight is 239 g/mol. The first-order chi connectivity index (χ1) is 8.02. The number of nitrogens with one attached hydrogen (secondary N) is 1. The van der Waals surface area contributed by atoms with Gasteiger partial charge < -0.3 is 20.6 Å². The van der Waals surface area contributed by atoms with Crippen molar-refractivity contribution < 1.29 is 15.3 Å². The van der Waals surface area contributed by atoms with Gasteiger partial charge in [-0.25, -0.2) is 0 Å². The van der Waals surface area contributed by atoms with Crippen LogP contribution >= 0.6 is 0 Å². The molecule has 0 amide bonds. The van der Waals surface area contributed by atoms with Crippen LogP contribution in [-0.4, -0.2) is 28.0 Å². The summed E-state index contributed by atoms with van der Waals surface area (Å²) in [7, 11) is 0. The third kappa shape index (κ3) is 4.63. The summed E-state index contributed by atoms with van der Waals surface area (Å²) in [6.45, 7) is 4.46. The number of phenolic OH excluding ortho intramolecular Hbond substituents is 2. The predicted molar refractivity (Wildman–Crippen MR) is 67.1 cm³/mol. The minimum atomic E-state index is -0.353. The van der Waals surface area contributed by atoms with E-state index in [9.17, 15) is 15.3 Å². The molecule has 17 heavy (non-hydrogen) atoms. The molecule has 0 heterocycles. The Morgan fingerprint density at radius 3 is 2.29 bits per heavy atom. The summed E-state index contributed by atoms with van der Waals surface area (Å²) < 4.78 is 0. The Bertz CT molecular complexity index is 334. The van der Waals surface area contributed by atoms with E-state index in [-0.39, 0.29) is 23.6 Å². The Kier molecular flexibility index (Phi) is 5.25. The summed E-state index contributed by atoms with van der Waals surface area (Å²) in [5, 5.41) is 31.5. The molecule has 2 atom stereocenters. The van der Waals surface area contributed by atoms with Crippen LogP contribution in [-0.2, 0) is 0 Å². The third-order valence-electron chi connectivity index (χ3n) is 2.71. The number of aliphatic hydroxyl groups is 1. The Hall–Kier alpha value is -1.26. The van der Waals surface area contributed by atoms with Crippen LogP contribution in [0, 0.1) is 0 Å². The first-order valence-corrected chi connectivity index (χ1v) is 5.97. The molecule has 0 saturated carbocycles. The van der Waals surface area contributed by atoms with Crippen LogP contribution in [0.25, 0.3) is 0 Å². The van der Waals surface area contributed by atoms with Crippen LogP contribution in [0.2, 0.25) is 0 Å². The van der Waals surface area contributed by atoms with Crippen molar-refractivity contribution in [1.82, 2.24) is 5.32 Å². The van der Waals surface area contributed by atoms with E-state index >= 15 is 0 Å². The van der Waals surface area contributed by atoms with Crippen LogP contribution in [0.5, 0.6) is 11.5 Å². The third-order valence-corrected chi connectivity index (χ3v) is 2.71. The summed E-state index contributed by atoms with van der Waals surface area (Å²) in [6.07, 6.45) is 1.36. The van der Waals surface area contributed by atoms with E-state index in [1.807, 2.05) is 13.8 Å². The van der Waals surface area contributed by atoms with Crippen LogP contribution in [0.4, 0.5) is 0 Å². The maximum atomic E-state index is 9.59. The maximum Gasteiger partial charge on any atom is 0.119 e. The lowest BCUT2D eigenvalue weighted by Crippen LogP contribution is -2.28. The van der Waals surface area contributed by atoms with E-state index in [0.717, 1.165) is 18.4 Å². The SMILES string of the molecule is CCCC(O)CNC(C)c1cc(O)cc(O)c1. The predicted octanol–water partition coefficient (Wildman–Crippen LogP) is 1.91. The van der Waals surface area contributed by atoms with E-state index < -0.39 is 0 Å². The van der Waals surface area contributed by atoms with Crippen LogP contribution in [0.3, 0.4) is 0 Å². The topological polar surface area (TPSA) is 72.7 Å². The van der Waals surface area contributed by atoms with Crippen molar-refractivity contribution in [3.05, 3.63) is 23.8 Å². The van der Waals surface area contributed by atoms with E-state index in [1.165, 1.54) is 6.07 Å². The van der Waals surface area contributed by atoms with E-state index in [0.29, 0.717) is 6.54 Å². The van der Waals surface area contributed by atoms with Crippen molar-refractivity contribution in [2.75, 3.05) is 6.54 Å². The summed E-state index contributed by atoms with van der Waals surface area (Å²) in [5.74, 6) is 0.0884. The Labute approximate surface area is 102 Å². The second-order valence-electron chi connectivity index (χ2n) is 4.36. The van der Waals surface area contributed by atoms with Gasteiger partial charge in [0.15, 0.2) is 0 Å². The first kappa shape index (κ1) is 13.8. The zero-order chi connectivity index (χ0) is 12.8. The van der Waals surface area contributed by atoms with E-state index in [2.05, 4.69) is 5.32 Å². The largest absolute Gasteiger partial charge is 0.508 e. The lowest BCUT2D eigenvalue weighted by atomic mass is 10.1. The molecule has 1 aromatic rings. The van der Waals surface area contributed by atoms with Crippen molar-refractivity contribution in [1.29, 1.82) is 0 Å². The highest BCUT2D eigenvalue weighted by molar-refractivity contribution is 5.37. The average Bonchev–Trinajstić information content (AvgIpc) is 2.25. The lowest BCUT2D eigenvalue weighted by molar-refractivity contribution is 0.157. The van der Waals surface area contributed by atoms with Gasteiger partial charge in [-0.15, -0.1) is 0 Å². The first-order valence-electron chi connectivity index (χ1n) is 5.97. The highest BCUT2D eigenvalue weighted by Gasteiger charge is 2.09. The number of phenols is 2. The number of hydrogen-bond donors (Lipinski definition) is 4.